The van der Waals surface area contributed by atoms with E-state index in [1.54, 1.807) is 0 Å². The van der Waals surface area contributed by atoms with Crippen LogP contribution in [0.5, 0.6) is 5.75 Å². The number of fused-ring (bicyclic) bond motifs is 1. The third-order valence-corrected chi connectivity index (χ3v) is 4.52. The summed E-state index contributed by atoms with van der Waals surface area (Å²) < 4.78 is 7.83. The van der Waals surface area contributed by atoms with Gasteiger partial charge in [-0.1, -0.05) is 6.07 Å². The molecule has 0 aliphatic carbocycles. The van der Waals surface area contributed by atoms with Crippen molar-refractivity contribution in [3.63, 3.8) is 0 Å². The smallest absolute Gasteiger partial charge is 0.263 e. The van der Waals surface area contributed by atoms with Gasteiger partial charge in [0.1, 0.15) is 5.75 Å². The van der Waals surface area contributed by atoms with Crippen molar-refractivity contribution in [1.82, 2.24) is 14.7 Å². The summed E-state index contributed by atoms with van der Waals surface area (Å²) in [6, 6.07) is 6.04. The first kappa shape index (κ1) is 16.6. The standard InChI is InChI=1S/C19H25N3O2/c1-13-8-14(2)10-17(9-13)24-15(3)19(23)22-7-5-6-18-16(12-22)11-20-21(18)4/h8-11,15H,5-7,12H2,1-4H3. The van der Waals surface area contributed by atoms with Gasteiger partial charge in [0.25, 0.3) is 5.91 Å². The van der Waals surface area contributed by atoms with Gasteiger partial charge < -0.3 is 9.64 Å². The van der Waals surface area contributed by atoms with Gasteiger partial charge in [-0.3, -0.25) is 9.48 Å². The zero-order valence-corrected chi connectivity index (χ0v) is 14.9. The van der Waals surface area contributed by atoms with Crippen molar-refractivity contribution in [1.29, 1.82) is 0 Å². The molecule has 1 aromatic carbocycles. The number of ether oxygens (including phenoxy) is 1. The predicted molar refractivity (Wildman–Crippen MR) is 93.0 cm³/mol. The normalized spacial score (nSPS) is 15.6. The molecule has 2 aromatic rings. The maximum Gasteiger partial charge on any atom is 0.263 e. The number of benzene rings is 1. The second kappa shape index (κ2) is 6.67. The monoisotopic (exact) mass is 327 g/mol. The molecule has 5 heteroatoms. The van der Waals surface area contributed by atoms with Crippen LogP contribution in [0, 0.1) is 13.8 Å². The molecule has 0 spiro atoms. The minimum Gasteiger partial charge on any atom is -0.481 e. The van der Waals surface area contributed by atoms with Crippen molar-refractivity contribution in [3.05, 3.63) is 46.8 Å². The highest BCUT2D eigenvalue weighted by Gasteiger charge is 2.26. The summed E-state index contributed by atoms with van der Waals surface area (Å²) in [5.41, 5.74) is 4.65. The molecule has 0 saturated carbocycles. The van der Waals surface area contributed by atoms with Gasteiger partial charge >= 0.3 is 0 Å². The van der Waals surface area contributed by atoms with Crippen LogP contribution in [-0.4, -0.2) is 33.2 Å². The molecule has 1 aliphatic rings. The number of nitrogens with zero attached hydrogens (tertiary/aromatic N) is 3. The molecule has 0 radical (unpaired) electrons. The fraction of sp³-hybridized carbons (Fsp3) is 0.474. The number of aryl methyl sites for hydroxylation is 3. The van der Waals surface area contributed by atoms with Crippen molar-refractivity contribution >= 4 is 5.91 Å². The first-order chi connectivity index (χ1) is 11.4. The van der Waals surface area contributed by atoms with E-state index in [-0.39, 0.29) is 5.91 Å². The zero-order chi connectivity index (χ0) is 17.3. The van der Waals surface area contributed by atoms with Crippen LogP contribution < -0.4 is 4.74 Å². The maximum absolute atomic E-state index is 12.8. The molecule has 3 rings (SSSR count). The van der Waals surface area contributed by atoms with Gasteiger partial charge in [0.05, 0.1) is 6.20 Å². The van der Waals surface area contributed by atoms with E-state index in [0.29, 0.717) is 6.54 Å². The lowest BCUT2D eigenvalue weighted by Crippen LogP contribution is -2.40. The molecule has 2 heterocycles. The summed E-state index contributed by atoms with van der Waals surface area (Å²) in [6.45, 7) is 7.27. The Balaban J connectivity index is 1.71. The van der Waals surface area contributed by atoms with E-state index < -0.39 is 6.10 Å². The molecule has 0 fully saturated rings. The van der Waals surface area contributed by atoms with E-state index in [2.05, 4.69) is 11.2 Å². The molecule has 24 heavy (non-hydrogen) atoms. The number of rotatable bonds is 3. The Kier molecular flexibility index (Phi) is 4.60. The average Bonchev–Trinajstić information content (AvgIpc) is 2.73. The van der Waals surface area contributed by atoms with E-state index >= 15 is 0 Å². The molecule has 1 amide bonds. The van der Waals surface area contributed by atoms with E-state index in [4.69, 9.17) is 4.74 Å². The van der Waals surface area contributed by atoms with Crippen LogP contribution in [0.25, 0.3) is 0 Å². The molecule has 128 valence electrons. The lowest BCUT2D eigenvalue weighted by atomic mass is 10.1. The van der Waals surface area contributed by atoms with Crippen LogP contribution in [0.4, 0.5) is 0 Å². The minimum atomic E-state index is -0.496. The Labute approximate surface area is 143 Å². The van der Waals surface area contributed by atoms with Crippen LogP contribution in [-0.2, 0) is 24.8 Å². The number of aromatic nitrogens is 2. The Morgan fingerprint density at radius 2 is 1.96 bits per heavy atom. The number of hydrogen-bond donors (Lipinski definition) is 0. The van der Waals surface area contributed by atoms with Gasteiger partial charge in [-0.25, -0.2) is 0 Å². The van der Waals surface area contributed by atoms with Gasteiger partial charge in [0.15, 0.2) is 6.10 Å². The zero-order valence-electron chi connectivity index (χ0n) is 14.9. The summed E-state index contributed by atoms with van der Waals surface area (Å²) in [5.74, 6) is 0.788. The van der Waals surface area contributed by atoms with Crippen molar-refractivity contribution in [2.45, 2.75) is 46.3 Å². The summed E-state index contributed by atoms with van der Waals surface area (Å²) in [7, 11) is 1.96. The molecule has 0 bridgehead atoms. The highest BCUT2D eigenvalue weighted by Crippen LogP contribution is 2.21. The third kappa shape index (κ3) is 3.45. The van der Waals surface area contributed by atoms with E-state index in [1.165, 1.54) is 5.69 Å². The average molecular weight is 327 g/mol. The number of hydrogen-bond acceptors (Lipinski definition) is 3. The van der Waals surface area contributed by atoms with E-state index in [0.717, 1.165) is 41.8 Å². The lowest BCUT2D eigenvalue weighted by Gasteiger charge is -2.24. The molecule has 1 aliphatic heterocycles. The summed E-state index contributed by atoms with van der Waals surface area (Å²) in [5, 5.41) is 4.31. The molecule has 1 unspecified atom stereocenters. The second-order valence-corrected chi connectivity index (χ2v) is 6.69. The Hall–Kier alpha value is -2.30. The third-order valence-electron chi connectivity index (χ3n) is 4.52. The first-order valence-electron chi connectivity index (χ1n) is 8.47. The Bertz CT molecular complexity index is 731. The van der Waals surface area contributed by atoms with Gasteiger partial charge in [0, 0.05) is 31.4 Å². The van der Waals surface area contributed by atoms with Crippen molar-refractivity contribution in [3.8, 4) is 5.75 Å². The SMILES string of the molecule is Cc1cc(C)cc(OC(C)C(=O)N2CCCc3c(cnn3C)C2)c1. The summed E-state index contributed by atoms with van der Waals surface area (Å²) >= 11 is 0. The van der Waals surface area contributed by atoms with Gasteiger partial charge in [-0.15, -0.1) is 0 Å². The van der Waals surface area contributed by atoms with Crippen LogP contribution >= 0.6 is 0 Å². The van der Waals surface area contributed by atoms with E-state index in [9.17, 15) is 4.79 Å². The molecule has 5 nitrogen and oxygen atoms in total. The van der Waals surface area contributed by atoms with Crippen LogP contribution in [0.15, 0.2) is 24.4 Å². The fourth-order valence-electron chi connectivity index (χ4n) is 3.39. The van der Waals surface area contributed by atoms with Crippen molar-refractivity contribution in [2.75, 3.05) is 6.54 Å². The Morgan fingerprint density at radius 3 is 2.67 bits per heavy atom. The van der Waals surface area contributed by atoms with Crippen LogP contribution in [0.3, 0.4) is 0 Å². The number of amides is 1. The minimum absolute atomic E-state index is 0.0332. The van der Waals surface area contributed by atoms with Gasteiger partial charge in [0.2, 0.25) is 0 Å². The molecule has 0 saturated heterocycles. The fourth-order valence-corrected chi connectivity index (χ4v) is 3.39. The van der Waals surface area contributed by atoms with Crippen molar-refractivity contribution < 1.29 is 9.53 Å². The highest BCUT2D eigenvalue weighted by atomic mass is 16.5. The summed E-state index contributed by atoms with van der Waals surface area (Å²) in [6.07, 6.45) is 3.29. The second-order valence-electron chi connectivity index (χ2n) is 6.69. The van der Waals surface area contributed by atoms with Gasteiger partial charge in [-0.05, 0) is 56.9 Å². The van der Waals surface area contributed by atoms with E-state index in [1.807, 2.05) is 55.7 Å². The number of carbonyl (C=O) groups excluding carboxylic acids is 1. The maximum atomic E-state index is 12.8. The predicted octanol–water partition coefficient (Wildman–Crippen LogP) is 2.78. The lowest BCUT2D eigenvalue weighted by molar-refractivity contribution is -0.138. The Morgan fingerprint density at radius 1 is 1.25 bits per heavy atom. The van der Waals surface area contributed by atoms with Crippen LogP contribution in [0.1, 0.15) is 35.7 Å². The quantitative estimate of drug-likeness (QED) is 0.871. The highest BCUT2D eigenvalue weighted by molar-refractivity contribution is 5.81. The van der Waals surface area contributed by atoms with Crippen LogP contribution in [0.2, 0.25) is 0 Å². The summed E-state index contributed by atoms with van der Waals surface area (Å²) in [4.78, 5) is 14.7. The van der Waals surface area contributed by atoms with Crippen molar-refractivity contribution in [2.24, 2.45) is 7.05 Å². The molecular weight excluding hydrogens is 302 g/mol. The van der Waals surface area contributed by atoms with Gasteiger partial charge in [-0.2, -0.15) is 5.10 Å². The number of carbonyl (C=O) groups is 1. The molecule has 1 atom stereocenters. The molecular formula is C19H25N3O2. The largest absolute Gasteiger partial charge is 0.481 e. The topological polar surface area (TPSA) is 47.4 Å². The molecule has 1 aromatic heterocycles. The first-order valence-corrected chi connectivity index (χ1v) is 8.47. The molecule has 0 N–H and O–H groups in total.